The Morgan fingerprint density at radius 1 is 1.14 bits per heavy atom. The zero-order valence-electron chi connectivity index (χ0n) is 13.3. The third-order valence-electron chi connectivity index (χ3n) is 4.32. The maximum Gasteiger partial charge on any atom is 0.240 e. The molecule has 1 aliphatic rings. The van der Waals surface area contributed by atoms with Gasteiger partial charge >= 0.3 is 0 Å². The summed E-state index contributed by atoms with van der Waals surface area (Å²) in [5, 5.41) is 0. The summed E-state index contributed by atoms with van der Waals surface area (Å²) < 4.78 is 27.3. The third kappa shape index (κ3) is 4.95. The lowest BCUT2D eigenvalue weighted by Crippen LogP contribution is -2.51. The van der Waals surface area contributed by atoms with Crippen LogP contribution in [0.4, 0.5) is 0 Å². The summed E-state index contributed by atoms with van der Waals surface area (Å²) in [5.41, 5.74) is 7.03. The van der Waals surface area contributed by atoms with Crippen molar-refractivity contribution in [3.63, 3.8) is 0 Å². The van der Waals surface area contributed by atoms with Crippen molar-refractivity contribution in [1.82, 2.24) is 4.72 Å². The van der Waals surface area contributed by atoms with E-state index in [1.807, 2.05) is 12.1 Å². The number of nitrogens with one attached hydrogen (secondary N) is 1. The van der Waals surface area contributed by atoms with E-state index in [4.69, 9.17) is 5.73 Å². The van der Waals surface area contributed by atoms with E-state index < -0.39 is 10.0 Å². The van der Waals surface area contributed by atoms with E-state index in [9.17, 15) is 8.42 Å². The SMILES string of the molecule is CC(C)c1ccc(S(=O)(=O)NCC2(N)CCCCC2)cc1.Cl. The first-order valence-electron chi connectivity index (χ1n) is 7.71. The molecule has 0 unspecified atom stereocenters. The van der Waals surface area contributed by atoms with Crippen LogP contribution in [0.5, 0.6) is 0 Å². The van der Waals surface area contributed by atoms with Gasteiger partial charge in [0.05, 0.1) is 4.90 Å². The Bertz CT molecular complexity index is 564. The molecule has 3 N–H and O–H groups in total. The molecular weight excluding hydrogens is 320 g/mol. The summed E-state index contributed by atoms with van der Waals surface area (Å²) >= 11 is 0. The molecular formula is C16H27ClN2O2S. The summed E-state index contributed by atoms with van der Waals surface area (Å²) in [7, 11) is -3.47. The highest BCUT2D eigenvalue weighted by molar-refractivity contribution is 7.89. The second-order valence-electron chi connectivity index (χ2n) is 6.47. The first-order chi connectivity index (χ1) is 9.82. The molecule has 1 aromatic rings. The van der Waals surface area contributed by atoms with Gasteiger partial charge in [0, 0.05) is 12.1 Å². The minimum Gasteiger partial charge on any atom is -0.324 e. The predicted octanol–water partition coefficient (Wildman–Crippen LogP) is 3.17. The minimum atomic E-state index is -3.47. The molecule has 0 amide bonds. The van der Waals surface area contributed by atoms with E-state index in [1.165, 1.54) is 6.42 Å². The molecule has 2 rings (SSSR count). The van der Waals surface area contributed by atoms with Crippen molar-refractivity contribution in [3.05, 3.63) is 29.8 Å². The van der Waals surface area contributed by atoms with E-state index in [0.717, 1.165) is 31.2 Å². The average molecular weight is 347 g/mol. The Morgan fingerprint density at radius 3 is 2.18 bits per heavy atom. The van der Waals surface area contributed by atoms with Gasteiger partial charge in [-0.05, 0) is 36.5 Å². The molecule has 4 nitrogen and oxygen atoms in total. The van der Waals surface area contributed by atoms with E-state index in [2.05, 4.69) is 18.6 Å². The Balaban J connectivity index is 0.00000242. The van der Waals surface area contributed by atoms with Gasteiger partial charge in [0.2, 0.25) is 10.0 Å². The number of hydrogen-bond acceptors (Lipinski definition) is 3. The summed E-state index contributed by atoms with van der Waals surface area (Å²) in [6.45, 7) is 4.49. The molecule has 0 bridgehead atoms. The topological polar surface area (TPSA) is 72.2 Å². The lowest BCUT2D eigenvalue weighted by Gasteiger charge is -2.33. The van der Waals surface area contributed by atoms with Crippen molar-refractivity contribution in [2.75, 3.05) is 6.54 Å². The normalized spacial score (nSPS) is 18.0. The van der Waals surface area contributed by atoms with Crippen molar-refractivity contribution in [3.8, 4) is 0 Å². The fourth-order valence-corrected chi connectivity index (χ4v) is 3.93. The average Bonchev–Trinajstić information content (AvgIpc) is 2.46. The van der Waals surface area contributed by atoms with Gasteiger partial charge in [-0.2, -0.15) is 0 Å². The molecule has 0 aromatic heterocycles. The van der Waals surface area contributed by atoms with Crippen molar-refractivity contribution >= 4 is 22.4 Å². The van der Waals surface area contributed by atoms with Gasteiger partial charge in [0.25, 0.3) is 0 Å². The van der Waals surface area contributed by atoms with Gasteiger partial charge in [-0.15, -0.1) is 12.4 Å². The van der Waals surface area contributed by atoms with Crippen molar-refractivity contribution in [2.24, 2.45) is 5.73 Å². The standard InChI is InChI=1S/C16H26N2O2S.ClH/c1-13(2)14-6-8-15(9-7-14)21(19,20)18-12-16(17)10-4-3-5-11-16;/h6-9,13,18H,3-5,10-12,17H2,1-2H3;1H. The zero-order chi connectivity index (χ0) is 15.5. The second kappa shape index (κ2) is 7.77. The zero-order valence-corrected chi connectivity index (χ0v) is 15.0. The number of sulfonamides is 1. The number of nitrogens with two attached hydrogens (primary N) is 1. The highest BCUT2D eigenvalue weighted by Gasteiger charge is 2.29. The molecule has 126 valence electrons. The van der Waals surface area contributed by atoms with E-state index >= 15 is 0 Å². The molecule has 0 atom stereocenters. The van der Waals surface area contributed by atoms with E-state index in [0.29, 0.717) is 17.4 Å². The fraction of sp³-hybridized carbons (Fsp3) is 0.625. The van der Waals surface area contributed by atoms with Crippen molar-refractivity contribution in [2.45, 2.75) is 62.3 Å². The van der Waals surface area contributed by atoms with Crippen LogP contribution in [0.3, 0.4) is 0 Å². The predicted molar refractivity (Wildman–Crippen MR) is 93.0 cm³/mol. The molecule has 1 saturated carbocycles. The van der Waals surface area contributed by atoms with Crippen LogP contribution in [0.2, 0.25) is 0 Å². The molecule has 1 aromatic carbocycles. The van der Waals surface area contributed by atoms with Crippen LogP contribution in [0.15, 0.2) is 29.2 Å². The molecule has 22 heavy (non-hydrogen) atoms. The molecule has 0 saturated heterocycles. The highest BCUT2D eigenvalue weighted by Crippen LogP contribution is 2.25. The molecule has 0 spiro atoms. The van der Waals surface area contributed by atoms with Crippen LogP contribution >= 0.6 is 12.4 Å². The van der Waals surface area contributed by atoms with Crippen LogP contribution in [0.1, 0.15) is 57.4 Å². The Hall–Kier alpha value is -0.620. The monoisotopic (exact) mass is 346 g/mol. The molecule has 1 fully saturated rings. The van der Waals surface area contributed by atoms with Crippen LogP contribution in [-0.2, 0) is 10.0 Å². The largest absolute Gasteiger partial charge is 0.324 e. The Kier molecular flexibility index (Phi) is 6.86. The van der Waals surface area contributed by atoms with Crippen LogP contribution < -0.4 is 10.5 Å². The Morgan fingerprint density at radius 2 is 1.68 bits per heavy atom. The molecule has 1 aliphatic carbocycles. The summed E-state index contributed by atoms with van der Waals surface area (Å²) in [6.07, 6.45) is 5.15. The van der Waals surface area contributed by atoms with E-state index in [1.54, 1.807) is 12.1 Å². The van der Waals surface area contributed by atoms with Crippen LogP contribution in [0, 0.1) is 0 Å². The number of benzene rings is 1. The third-order valence-corrected chi connectivity index (χ3v) is 5.74. The van der Waals surface area contributed by atoms with Crippen molar-refractivity contribution in [1.29, 1.82) is 0 Å². The maximum absolute atomic E-state index is 12.3. The van der Waals surface area contributed by atoms with Gasteiger partial charge < -0.3 is 5.73 Å². The lowest BCUT2D eigenvalue weighted by atomic mass is 9.83. The maximum atomic E-state index is 12.3. The quantitative estimate of drug-likeness (QED) is 0.860. The van der Waals surface area contributed by atoms with Crippen LogP contribution in [-0.4, -0.2) is 20.5 Å². The number of rotatable bonds is 5. The second-order valence-corrected chi connectivity index (χ2v) is 8.24. The summed E-state index contributed by atoms with van der Waals surface area (Å²) in [4.78, 5) is 0.311. The van der Waals surface area contributed by atoms with Crippen LogP contribution in [0.25, 0.3) is 0 Å². The molecule has 0 aliphatic heterocycles. The molecule has 0 radical (unpaired) electrons. The first-order valence-corrected chi connectivity index (χ1v) is 9.19. The van der Waals surface area contributed by atoms with E-state index in [-0.39, 0.29) is 17.9 Å². The first kappa shape index (κ1) is 19.4. The summed E-state index contributed by atoms with van der Waals surface area (Å²) in [6, 6.07) is 7.08. The van der Waals surface area contributed by atoms with Gasteiger partial charge in [-0.3, -0.25) is 0 Å². The molecule has 0 heterocycles. The summed E-state index contributed by atoms with van der Waals surface area (Å²) in [5.74, 6) is 0.393. The fourth-order valence-electron chi connectivity index (χ4n) is 2.79. The Labute approximate surface area is 140 Å². The van der Waals surface area contributed by atoms with Gasteiger partial charge in [-0.25, -0.2) is 13.1 Å². The van der Waals surface area contributed by atoms with Gasteiger partial charge in [0.15, 0.2) is 0 Å². The highest BCUT2D eigenvalue weighted by atomic mass is 35.5. The number of halogens is 1. The number of hydrogen-bond donors (Lipinski definition) is 2. The molecule has 6 heteroatoms. The minimum absolute atomic E-state index is 0. The lowest BCUT2D eigenvalue weighted by molar-refractivity contribution is 0.296. The van der Waals surface area contributed by atoms with Crippen molar-refractivity contribution < 1.29 is 8.42 Å². The van der Waals surface area contributed by atoms with Gasteiger partial charge in [-0.1, -0.05) is 45.2 Å². The smallest absolute Gasteiger partial charge is 0.240 e. The van der Waals surface area contributed by atoms with Gasteiger partial charge in [0.1, 0.15) is 0 Å².